The summed E-state index contributed by atoms with van der Waals surface area (Å²) < 4.78 is 37.6. The molecule has 1 aliphatic heterocycles. The van der Waals surface area contributed by atoms with E-state index in [1.54, 1.807) is 0 Å². The fourth-order valence-electron chi connectivity index (χ4n) is 1.27. The smallest absolute Gasteiger partial charge is 0.268 e. The molecule has 0 amide bonds. The Morgan fingerprint density at radius 3 is 2.80 bits per heavy atom. The van der Waals surface area contributed by atoms with Gasteiger partial charge in [0.25, 0.3) is 10.0 Å². The molecular formula is C8H8FN3O2S. The number of benzene rings is 1. The zero-order valence-corrected chi connectivity index (χ0v) is 8.62. The Morgan fingerprint density at radius 2 is 2.13 bits per heavy atom. The summed E-state index contributed by atoms with van der Waals surface area (Å²) in [7, 11) is -2.49. The number of hydrogen-bond donors (Lipinski definition) is 1. The first-order chi connectivity index (χ1) is 6.94. The highest BCUT2D eigenvalue weighted by atomic mass is 32.2. The largest absolute Gasteiger partial charge is 0.369 e. The Kier molecular flexibility index (Phi) is 1.93. The summed E-state index contributed by atoms with van der Waals surface area (Å²) in [6, 6.07) is 3.74. The third-order valence-corrected chi connectivity index (χ3v) is 3.93. The second-order valence-electron chi connectivity index (χ2n) is 3.03. The summed E-state index contributed by atoms with van der Waals surface area (Å²) in [6.45, 7) is 0. The Balaban J connectivity index is 2.84. The first-order valence-corrected chi connectivity index (χ1v) is 5.50. The van der Waals surface area contributed by atoms with E-state index in [1.165, 1.54) is 19.2 Å². The van der Waals surface area contributed by atoms with Crippen LogP contribution in [0.1, 0.15) is 0 Å². The molecule has 7 heteroatoms. The van der Waals surface area contributed by atoms with Gasteiger partial charge in [-0.05, 0) is 12.1 Å². The molecule has 0 spiro atoms. The standard InChI is InChI=1S/C8H8FN3O2S/c1-12-8(10)11-7-5(9)3-2-4-6(7)15(12,13)14/h2-4H,1H3,(H2,10,11). The molecule has 0 aliphatic carbocycles. The van der Waals surface area contributed by atoms with Gasteiger partial charge in [-0.3, -0.25) is 0 Å². The maximum Gasteiger partial charge on any atom is 0.268 e. The topological polar surface area (TPSA) is 75.8 Å². The molecule has 1 aromatic rings. The number of aliphatic imine (C=N–C) groups is 1. The number of guanidine groups is 1. The van der Waals surface area contributed by atoms with Crippen LogP contribution in [-0.4, -0.2) is 25.7 Å². The van der Waals surface area contributed by atoms with Crippen LogP contribution in [0.3, 0.4) is 0 Å². The number of fused-ring (bicyclic) bond motifs is 1. The fourth-order valence-corrected chi connectivity index (χ4v) is 2.49. The van der Waals surface area contributed by atoms with Gasteiger partial charge in [-0.2, -0.15) is 0 Å². The molecule has 15 heavy (non-hydrogen) atoms. The molecule has 1 aromatic carbocycles. The highest BCUT2D eigenvalue weighted by Crippen LogP contribution is 2.32. The van der Waals surface area contributed by atoms with Gasteiger partial charge in [0.15, 0.2) is 0 Å². The molecule has 0 aromatic heterocycles. The lowest BCUT2D eigenvalue weighted by Gasteiger charge is -2.23. The summed E-state index contributed by atoms with van der Waals surface area (Å²) >= 11 is 0. The quantitative estimate of drug-likeness (QED) is 0.699. The van der Waals surface area contributed by atoms with E-state index < -0.39 is 15.8 Å². The van der Waals surface area contributed by atoms with Crippen LogP contribution in [0.15, 0.2) is 28.1 Å². The SMILES string of the molecule is CN1C(N)=Nc2c(F)cccc2S1(=O)=O. The molecule has 0 fully saturated rings. The minimum Gasteiger partial charge on any atom is -0.369 e. The Morgan fingerprint density at radius 1 is 1.47 bits per heavy atom. The van der Waals surface area contributed by atoms with Gasteiger partial charge in [-0.1, -0.05) is 6.07 Å². The van der Waals surface area contributed by atoms with E-state index in [0.717, 1.165) is 10.4 Å². The van der Waals surface area contributed by atoms with Crippen LogP contribution in [-0.2, 0) is 10.0 Å². The molecule has 0 saturated heterocycles. The van der Waals surface area contributed by atoms with E-state index in [4.69, 9.17) is 5.73 Å². The molecule has 1 heterocycles. The molecule has 0 radical (unpaired) electrons. The number of hydrogen-bond acceptors (Lipinski definition) is 4. The van der Waals surface area contributed by atoms with Gasteiger partial charge in [0.2, 0.25) is 5.96 Å². The third kappa shape index (κ3) is 1.27. The third-order valence-electron chi connectivity index (χ3n) is 2.14. The van der Waals surface area contributed by atoms with Crippen molar-refractivity contribution < 1.29 is 12.8 Å². The van der Waals surface area contributed by atoms with Crippen molar-refractivity contribution in [2.45, 2.75) is 4.90 Å². The van der Waals surface area contributed by atoms with E-state index in [9.17, 15) is 12.8 Å². The van der Waals surface area contributed by atoms with Crippen molar-refractivity contribution in [3.05, 3.63) is 24.0 Å². The van der Waals surface area contributed by atoms with E-state index in [-0.39, 0.29) is 16.5 Å². The van der Waals surface area contributed by atoms with Gasteiger partial charge in [-0.25, -0.2) is 22.1 Å². The van der Waals surface area contributed by atoms with Crippen molar-refractivity contribution in [2.75, 3.05) is 7.05 Å². The molecule has 0 saturated carbocycles. The number of para-hydroxylation sites is 1. The van der Waals surface area contributed by atoms with Crippen molar-refractivity contribution in [3.63, 3.8) is 0 Å². The summed E-state index contributed by atoms with van der Waals surface area (Å²) in [5, 5.41) is 0. The minimum atomic E-state index is -3.75. The zero-order valence-electron chi connectivity index (χ0n) is 7.81. The van der Waals surface area contributed by atoms with E-state index in [0.29, 0.717) is 0 Å². The van der Waals surface area contributed by atoms with Crippen molar-refractivity contribution >= 4 is 21.7 Å². The Bertz CT molecular complexity index is 553. The highest BCUT2D eigenvalue weighted by molar-refractivity contribution is 7.89. The van der Waals surface area contributed by atoms with Crippen LogP contribution in [0.5, 0.6) is 0 Å². The minimum absolute atomic E-state index is 0.167. The summed E-state index contributed by atoms with van der Waals surface area (Å²) in [4.78, 5) is 3.52. The molecule has 1 aliphatic rings. The maximum atomic E-state index is 13.3. The number of sulfonamides is 1. The predicted molar refractivity (Wildman–Crippen MR) is 52.6 cm³/mol. The number of rotatable bonds is 0. The predicted octanol–water partition coefficient (Wildman–Crippen LogP) is 0.406. The van der Waals surface area contributed by atoms with Crippen LogP contribution in [0, 0.1) is 5.82 Å². The summed E-state index contributed by atoms with van der Waals surface area (Å²) in [6.07, 6.45) is 0. The molecular weight excluding hydrogens is 221 g/mol. The van der Waals surface area contributed by atoms with E-state index >= 15 is 0 Å². The Labute approximate surface area is 86.1 Å². The summed E-state index contributed by atoms with van der Waals surface area (Å²) in [5.74, 6) is -0.945. The molecule has 0 atom stereocenters. The Hall–Kier alpha value is -1.63. The van der Waals surface area contributed by atoms with Gasteiger partial charge >= 0.3 is 0 Å². The number of halogens is 1. The van der Waals surface area contributed by atoms with E-state index in [2.05, 4.69) is 4.99 Å². The van der Waals surface area contributed by atoms with Crippen LogP contribution < -0.4 is 5.73 Å². The lowest BCUT2D eigenvalue weighted by molar-refractivity contribution is 0.544. The van der Waals surface area contributed by atoms with Gasteiger partial charge in [0.1, 0.15) is 16.4 Å². The molecule has 0 bridgehead atoms. The average Bonchev–Trinajstić information content (AvgIpc) is 2.17. The highest BCUT2D eigenvalue weighted by Gasteiger charge is 2.31. The lowest BCUT2D eigenvalue weighted by atomic mass is 10.3. The second-order valence-corrected chi connectivity index (χ2v) is 4.97. The summed E-state index contributed by atoms with van der Waals surface area (Å²) in [5.41, 5.74) is 5.14. The van der Waals surface area contributed by atoms with Crippen molar-refractivity contribution in [2.24, 2.45) is 10.7 Å². The molecule has 5 nitrogen and oxygen atoms in total. The van der Waals surface area contributed by atoms with Crippen molar-refractivity contribution in [1.82, 2.24) is 4.31 Å². The number of nitrogens with zero attached hydrogens (tertiary/aromatic N) is 2. The fraction of sp³-hybridized carbons (Fsp3) is 0.125. The van der Waals surface area contributed by atoms with Crippen LogP contribution >= 0.6 is 0 Å². The second kappa shape index (κ2) is 2.93. The first-order valence-electron chi connectivity index (χ1n) is 4.06. The van der Waals surface area contributed by atoms with Gasteiger partial charge in [-0.15, -0.1) is 0 Å². The zero-order chi connectivity index (χ0) is 11.2. The van der Waals surface area contributed by atoms with E-state index in [1.807, 2.05) is 0 Å². The average molecular weight is 229 g/mol. The van der Waals surface area contributed by atoms with Crippen LogP contribution in [0.4, 0.5) is 10.1 Å². The van der Waals surface area contributed by atoms with Gasteiger partial charge in [0.05, 0.1) is 0 Å². The van der Waals surface area contributed by atoms with Crippen molar-refractivity contribution in [1.29, 1.82) is 0 Å². The number of nitrogens with two attached hydrogens (primary N) is 1. The monoisotopic (exact) mass is 229 g/mol. The van der Waals surface area contributed by atoms with Crippen LogP contribution in [0.25, 0.3) is 0 Å². The molecule has 0 unspecified atom stereocenters. The lowest BCUT2D eigenvalue weighted by Crippen LogP contribution is -2.40. The first kappa shape index (κ1) is 9.91. The maximum absolute atomic E-state index is 13.3. The molecule has 2 N–H and O–H groups in total. The van der Waals surface area contributed by atoms with Crippen LogP contribution in [0.2, 0.25) is 0 Å². The van der Waals surface area contributed by atoms with Gasteiger partial charge in [0, 0.05) is 7.05 Å². The van der Waals surface area contributed by atoms with Crippen molar-refractivity contribution in [3.8, 4) is 0 Å². The molecule has 80 valence electrons. The van der Waals surface area contributed by atoms with Gasteiger partial charge < -0.3 is 5.73 Å². The molecule has 2 rings (SSSR count). The normalized spacial score (nSPS) is 18.3.